The fourth-order valence-electron chi connectivity index (χ4n) is 3.27. The van der Waals surface area contributed by atoms with Gasteiger partial charge in [-0.1, -0.05) is 57.7 Å². The fourth-order valence-corrected chi connectivity index (χ4v) is 3.27. The molecule has 0 saturated carbocycles. The summed E-state index contributed by atoms with van der Waals surface area (Å²) in [5.41, 5.74) is 2.11. The second kappa shape index (κ2) is 9.45. The molecule has 132 valence electrons. The Morgan fingerprint density at radius 3 is 2.67 bits per heavy atom. The molecule has 1 saturated heterocycles. The highest BCUT2D eigenvalue weighted by molar-refractivity contribution is 6.00. The van der Waals surface area contributed by atoms with Crippen LogP contribution in [0, 0.1) is 5.92 Å². The topological polar surface area (TPSA) is 49.4 Å². The standard InChI is InChI=1S/C20H30N2O2/c1-3-5-6-7-10-13-21-20(24)17-14-19(23)22(15-17)18-12-9-8-11-16(18)4-2/h8-9,11-12,17H,3-7,10,13-15H2,1-2H3,(H,21,24). The molecule has 1 unspecified atom stereocenters. The number of aryl methyl sites for hydroxylation is 1. The van der Waals surface area contributed by atoms with Crippen molar-refractivity contribution in [2.75, 3.05) is 18.0 Å². The Morgan fingerprint density at radius 2 is 1.92 bits per heavy atom. The number of unbranched alkanes of at least 4 members (excludes halogenated alkanes) is 4. The number of hydrogen-bond acceptors (Lipinski definition) is 2. The second-order valence-electron chi connectivity index (χ2n) is 6.59. The van der Waals surface area contributed by atoms with Gasteiger partial charge in [-0.15, -0.1) is 0 Å². The summed E-state index contributed by atoms with van der Waals surface area (Å²) in [6.45, 7) is 5.50. The number of amides is 2. The Labute approximate surface area is 145 Å². The van der Waals surface area contributed by atoms with Crippen molar-refractivity contribution in [3.05, 3.63) is 29.8 Å². The van der Waals surface area contributed by atoms with Crippen LogP contribution in [0.4, 0.5) is 5.69 Å². The van der Waals surface area contributed by atoms with Crippen LogP contribution < -0.4 is 10.2 Å². The van der Waals surface area contributed by atoms with Gasteiger partial charge in [0.05, 0.1) is 5.92 Å². The fraction of sp³-hybridized carbons (Fsp3) is 0.600. The summed E-state index contributed by atoms with van der Waals surface area (Å²) in [5, 5.41) is 3.00. The number of carbonyl (C=O) groups excluding carboxylic acids is 2. The van der Waals surface area contributed by atoms with Crippen LogP contribution in [0.15, 0.2) is 24.3 Å². The Hall–Kier alpha value is -1.84. The summed E-state index contributed by atoms with van der Waals surface area (Å²) in [5.74, 6) is -0.146. The summed E-state index contributed by atoms with van der Waals surface area (Å²) in [7, 11) is 0. The third-order valence-electron chi connectivity index (χ3n) is 4.74. The summed E-state index contributed by atoms with van der Waals surface area (Å²) in [4.78, 5) is 26.5. The average molecular weight is 330 g/mol. The first-order chi connectivity index (χ1) is 11.7. The molecule has 0 radical (unpaired) electrons. The quantitative estimate of drug-likeness (QED) is 0.702. The molecule has 0 spiro atoms. The first-order valence-corrected chi connectivity index (χ1v) is 9.33. The summed E-state index contributed by atoms with van der Waals surface area (Å²) in [6.07, 6.45) is 7.11. The van der Waals surface area contributed by atoms with E-state index >= 15 is 0 Å². The molecule has 1 atom stereocenters. The van der Waals surface area contributed by atoms with Gasteiger partial charge in [0.25, 0.3) is 0 Å². The molecule has 0 bridgehead atoms. The Kier molecular flexibility index (Phi) is 7.29. The highest BCUT2D eigenvalue weighted by Crippen LogP contribution is 2.28. The van der Waals surface area contributed by atoms with Crippen molar-refractivity contribution in [2.24, 2.45) is 5.92 Å². The maximum absolute atomic E-state index is 12.4. The lowest BCUT2D eigenvalue weighted by atomic mass is 10.1. The molecular weight excluding hydrogens is 300 g/mol. The van der Waals surface area contributed by atoms with Gasteiger partial charge in [0, 0.05) is 25.2 Å². The van der Waals surface area contributed by atoms with Gasteiger partial charge in [0.1, 0.15) is 0 Å². The minimum atomic E-state index is -0.224. The number of para-hydroxylation sites is 1. The van der Waals surface area contributed by atoms with Gasteiger partial charge in [-0.25, -0.2) is 0 Å². The predicted molar refractivity (Wildman–Crippen MR) is 98.0 cm³/mol. The number of benzene rings is 1. The highest BCUT2D eigenvalue weighted by Gasteiger charge is 2.35. The largest absolute Gasteiger partial charge is 0.356 e. The lowest BCUT2D eigenvalue weighted by Gasteiger charge is -2.20. The van der Waals surface area contributed by atoms with E-state index in [2.05, 4.69) is 19.2 Å². The lowest BCUT2D eigenvalue weighted by molar-refractivity contribution is -0.126. The predicted octanol–water partition coefficient (Wildman–Crippen LogP) is 3.69. The molecule has 4 nitrogen and oxygen atoms in total. The second-order valence-corrected chi connectivity index (χ2v) is 6.59. The van der Waals surface area contributed by atoms with Crippen molar-refractivity contribution in [2.45, 2.75) is 58.8 Å². The van der Waals surface area contributed by atoms with Gasteiger partial charge in [0.2, 0.25) is 11.8 Å². The van der Waals surface area contributed by atoms with Crippen molar-refractivity contribution < 1.29 is 9.59 Å². The van der Waals surface area contributed by atoms with Gasteiger partial charge in [-0.2, -0.15) is 0 Å². The van der Waals surface area contributed by atoms with Gasteiger partial charge >= 0.3 is 0 Å². The third-order valence-corrected chi connectivity index (χ3v) is 4.74. The number of nitrogens with zero attached hydrogens (tertiary/aromatic N) is 1. The van der Waals surface area contributed by atoms with Gasteiger partial charge in [-0.05, 0) is 24.5 Å². The molecule has 1 aliphatic heterocycles. The summed E-state index contributed by atoms with van der Waals surface area (Å²) < 4.78 is 0. The molecular formula is C20H30N2O2. The van der Waals surface area contributed by atoms with E-state index in [0.29, 0.717) is 13.0 Å². The molecule has 4 heteroatoms. The molecule has 1 N–H and O–H groups in total. The van der Waals surface area contributed by atoms with E-state index < -0.39 is 0 Å². The molecule has 0 aliphatic carbocycles. The van der Waals surface area contributed by atoms with E-state index in [1.807, 2.05) is 24.3 Å². The zero-order valence-electron chi connectivity index (χ0n) is 15.0. The smallest absolute Gasteiger partial charge is 0.227 e. The number of nitrogens with one attached hydrogen (secondary N) is 1. The number of anilines is 1. The van der Waals surface area contributed by atoms with Gasteiger partial charge in [-0.3, -0.25) is 9.59 Å². The zero-order chi connectivity index (χ0) is 17.4. The number of rotatable bonds is 9. The van der Waals surface area contributed by atoms with E-state index in [4.69, 9.17) is 0 Å². The van der Waals surface area contributed by atoms with Crippen molar-refractivity contribution in [1.82, 2.24) is 5.32 Å². The van der Waals surface area contributed by atoms with Crippen LogP contribution in [0.3, 0.4) is 0 Å². The molecule has 2 amide bonds. The Balaban J connectivity index is 1.84. The van der Waals surface area contributed by atoms with Gasteiger partial charge < -0.3 is 10.2 Å². The third kappa shape index (κ3) is 4.83. The van der Waals surface area contributed by atoms with Gasteiger partial charge in [0.15, 0.2) is 0 Å². The van der Waals surface area contributed by atoms with Crippen molar-refractivity contribution in [3.63, 3.8) is 0 Å². The number of hydrogen-bond donors (Lipinski definition) is 1. The SMILES string of the molecule is CCCCCCCNC(=O)C1CC(=O)N(c2ccccc2CC)C1. The van der Waals surface area contributed by atoms with Crippen LogP contribution in [-0.2, 0) is 16.0 Å². The summed E-state index contributed by atoms with van der Waals surface area (Å²) >= 11 is 0. The average Bonchev–Trinajstić information content (AvgIpc) is 2.99. The lowest BCUT2D eigenvalue weighted by Crippen LogP contribution is -2.33. The molecule has 1 heterocycles. The van der Waals surface area contributed by atoms with E-state index in [1.54, 1.807) is 4.90 Å². The van der Waals surface area contributed by atoms with Crippen LogP contribution in [0.2, 0.25) is 0 Å². The first-order valence-electron chi connectivity index (χ1n) is 9.33. The van der Waals surface area contributed by atoms with E-state index in [9.17, 15) is 9.59 Å². The van der Waals surface area contributed by atoms with Crippen molar-refractivity contribution >= 4 is 17.5 Å². The molecule has 1 fully saturated rings. The Morgan fingerprint density at radius 1 is 1.17 bits per heavy atom. The van der Waals surface area contributed by atoms with Crippen LogP contribution in [0.25, 0.3) is 0 Å². The maximum Gasteiger partial charge on any atom is 0.227 e. The maximum atomic E-state index is 12.4. The van der Waals surface area contributed by atoms with Crippen LogP contribution >= 0.6 is 0 Å². The zero-order valence-corrected chi connectivity index (χ0v) is 15.0. The molecule has 2 rings (SSSR count). The number of carbonyl (C=O) groups is 2. The van der Waals surface area contributed by atoms with E-state index in [1.165, 1.54) is 19.3 Å². The van der Waals surface area contributed by atoms with Crippen LogP contribution in [0.1, 0.15) is 57.9 Å². The van der Waals surface area contributed by atoms with E-state index in [0.717, 1.165) is 37.1 Å². The highest BCUT2D eigenvalue weighted by atomic mass is 16.2. The minimum Gasteiger partial charge on any atom is -0.356 e. The van der Waals surface area contributed by atoms with Crippen molar-refractivity contribution in [1.29, 1.82) is 0 Å². The molecule has 1 aromatic rings. The molecule has 0 aromatic heterocycles. The first kappa shape index (κ1) is 18.5. The minimum absolute atomic E-state index is 0.0234. The van der Waals surface area contributed by atoms with Crippen LogP contribution in [0.5, 0.6) is 0 Å². The monoisotopic (exact) mass is 330 g/mol. The van der Waals surface area contributed by atoms with Crippen LogP contribution in [-0.4, -0.2) is 24.9 Å². The Bertz CT molecular complexity index is 556. The molecule has 24 heavy (non-hydrogen) atoms. The normalized spacial score (nSPS) is 17.3. The van der Waals surface area contributed by atoms with E-state index in [-0.39, 0.29) is 17.7 Å². The summed E-state index contributed by atoms with van der Waals surface area (Å²) in [6, 6.07) is 7.97. The van der Waals surface area contributed by atoms with Crippen molar-refractivity contribution in [3.8, 4) is 0 Å². The molecule has 1 aromatic carbocycles. The molecule has 1 aliphatic rings.